The summed E-state index contributed by atoms with van der Waals surface area (Å²) in [7, 11) is 0. The van der Waals surface area contributed by atoms with Gasteiger partial charge < -0.3 is 5.32 Å². The van der Waals surface area contributed by atoms with Crippen molar-refractivity contribution in [1.82, 2.24) is 25.1 Å². The number of hydrogen-bond donors (Lipinski definition) is 1. The Bertz CT molecular complexity index is 1080. The number of nitrogens with one attached hydrogen (secondary N) is 1. The predicted octanol–water partition coefficient (Wildman–Crippen LogP) is 3.66. The average molecular weight is 404 g/mol. The van der Waals surface area contributed by atoms with E-state index < -0.39 is 0 Å². The summed E-state index contributed by atoms with van der Waals surface area (Å²) in [5, 5.41) is 9.03. The van der Waals surface area contributed by atoms with E-state index in [1.807, 2.05) is 48.5 Å². The molecule has 0 saturated carbocycles. The van der Waals surface area contributed by atoms with Gasteiger partial charge in [0.25, 0.3) is 0 Å². The molecule has 0 aliphatic rings. The lowest BCUT2D eigenvalue weighted by molar-refractivity contribution is -0.118. The van der Waals surface area contributed by atoms with Crippen molar-refractivity contribution in [3.63, 3.8) is 0 Å². The SMILES string of the molecule is O=C(CSc1ncnc2c1cnn2-c1ccccc1)NCCCc1ccccc1. The van der Waals surface area contributed by atoms with Crippen LogP contribution in [-0.4, -0.2) is 38.0 Å². The van der Waals surface area contributed by atoms with E-state index >= 15 is 0 Å². The highest BCUT2D eigenvalue weighted by Crippen LogP contribution is 2.25. The van der Waals surface area contributed by atoms with Crippen LogP contribution < -0.4 is 5.32 Å². The maximum atomic E-state index is 12.2. The third kappa shape index (κ3) is 4.81. The minimum Gasteiger partial charge on any atom is -0.355 e. The number of nitrogens with zero attached hydrogens (tertiary/aromatic N) is 4. The lowest BCUT2D eigenvalue weighted by Gasteiger charge is -2.06. The molecule has 146 valence electrons. The third-order valence-corrected chi connectivity index (χ3v) is 5.48. The normalized spacial score (nSPS) is 10.9. The van der Waals surface area contributed by atoms with E-state index in [9.17, 15) is 4.79 Å². The molecule has 1 N–H and O–H groups in total. The molecular formula is C22H21N5OS. The number of aryl methyl sites for hydroxylation is 1. The number of aromatic nitrogens is 4. The quantitative estimate of drug-likeness (QED) is 0.276. The van der Waals surface area contributed by atoms with Gasteiger partial charge in [-0.2, -0.15) is 5.10 Å². The van der Waals surface area contributed by atoms with Gasteiger partial charge in [-0.1, -0.05) is 60.3 Å². The van der Waals surface area contributed by atoms with Crippen LogP contribution in [0.4, 0.5) is 0 Å². The Hall–Kier alpha value is -3.19. The van der Waals surface area contributed by atoms with Gasteiger partial charge in [-0.05, 0) is 30.5 Å². The smallest absolute Gasteiger partial charge is 0.230 e. The van der Waals surface area contributed by atoms with Crippen LogP contribution in [0.25, 0.3) is 16.7 Å². The molecule has 0 aliphatic carbocycles. The van der Waals surface area contributed by atoms with Crippen LogP contribution in [0.5, 0.6) is 0 Å². The summed E-state index contributed by atoms with van der Waals surface area (Å²) in [6, 6.07) is 20.1. The van der Waals surface area contributed by atoms with E-state index in [4.69, 9.17) is 0 Å². The van der Waals surface area contributed by atoms with Crippen LogP contribution in [0, 0.1) is 0 Å². The molecule has 7 heteroatoms. The fourth-order valence-electron chi connectivity index (χ4n) is 3.05. The lowest BCUT2D eigenvalue weighted by Crippen LogP contribution is -2.26. The second-order valence-electron chi connectivity index (χ2n) is 6.54. The first-order chi connectivity index (χ1) is 14.3. The maximum absolute atomic E-state index is 12.2. The van der Waals surface area contributed by atoms with Crippen LogP contribution in [0.15, 0.2) is 78.2 Å². The Morgan fingerprint density at radius 3 is 2.55 bits per heavy atom. The average Bonchev–Trinajstić information content (AvgIpc) is 3.21. The van der Waals surface area contributed by atoms with Crippen molar-refractivity contribution in [2.45, 2.75) is 17.9 Å². The standard InChI is InChI=1S/C22H21N5OS/c28-20(23-13-7-10-17-8-3-1-4-9-17)15-29-22-19-14-26-27(21(19)24-16-25-22)18-11-5-2-6-12-18/h1-6,8-9,11-12,14,16H,7,10,13,15H2,(H,23,28). The van der Waals surface area contributed by atoms with Gasteiger partial charge in [-0.25, -0.2) is 14.6 Å². The van der Waals surface area contributed by atoms with Crippen LogP contribution in [-0.2, 0) is 11.2 Å². The number of rotatable bonds is 8. The molecule has 2 aromatic heterocycles. The molecule has 0 unspecified atom stereocenters. The molecule has 6 nitrogen and oxygen atoms in total. The summed E-state index contributed by atoms with van der Waals surface area (Å²) in [6.45, 7) is 0.666. The fraction of sp³-hybridized carbons (Fsp3) is 0.182. The second-order valence-corrected chi connectivity index (χ2v) is 7.50. The van der Waals surface area contributed by atoms with Crippen molar-refractivity contribution in [2.24, 2.45) is 0 Å². The number of thioether (sulfide) groups is 1. The Labute approximate surface area is 173 Å². The summed E-state index contributed by atoms with van der Waals surface area (Å²) >= 11 is 1.40. The number of carbonyl (C=O) groups is 1. The Morgan fingerprint density at radius 1 is 1.00 bits per heavy atom. The van der Waals surface area contributed by atoms with E-state index in [1.54, 1.807) is 10.9 Å². The zero-order valence-electron chi connectivity index (χ0n) is 15.9. The van der Waals surface area contributed by atoms with Crippen molar-refractivity contribution < 1.29 is 4.79 Å². The highest BCUT2D eigenvalue weighted by atomic mass is 32.2. The third-order valence-electron chi connectivity index (χ3n) is 4.48. The number of amides is 1. The van der Waals surface area contributed by atoms with E-state index in [0.717, 1.165) is 34.6 Å². The minimum absolute atomic E-state index is 0.00488. The highest BCUT2D eigenvalue weighted by Gasteiger charge is 2.12. The molecule has 0 aliphatic heterocycles. The van der Waals surface area contributed by atoms with Crippen molar-refractivity contribution in [3.05, 3.63) is 78.8 Å². The van der Waals surface area contributed by atoms with Crippen LogP contribution in [0.2, 0.25) is 0 Å². The molecule has 2 aromatic carbocycles. The van der Waals surface area contributed by atoms with Gasteiger partial charge in [0.2, 0.25) is 5.91 Å². The van der Waals surface area contributed by atoms with Gasteiger partial charge in [0.15, 0.2) is 5.65 Å². The van der Waals surface area contributed by atoms with Gasteiger partial charge in [-0.15, -0.1) is 0 Å². The van der Waals surface area contributed by atoms with E-state index in [2.05, 4.69) is 32.5 Å². The molecule has 29 heavy (non-hydrogen) atoms. The molecule has 0 spiro atoms. The Balaban J connectivity index is 1.32. The van der Waals surface area contributed by atoms with Crippen molar-refractivity contribution in [3.8, 4) is 5.69 Å². The number of carbonyl (C=O) groups excluding carboxylic acids is 1. The van der Waals surface area contributed by atoms with Crippen molar-refractivity contribution in [2.75, 3.05) is 12.3 Å². The van der Waals surface area contributed by atoms with E-state index in [1.165, 1.54) is 23.7 Å². The van der Waals surface area contributed by atoms with Gasteiger partial charge in [0, 0.05) is 6.54 Å². The van der Waals surface area contributed by atoms with Crippen molar-refractivity contribution >= 4 is 28.7 Å². The molecule has 0 fully saturated rings. The van der Waals surface area contributed by atoms with E-state index in [0.29, 0.717) is 12.3 Å². The summed E-state index contributed by atoms with van der Waals surface area (Å²) < 4.78 is 1.78. The zero-order valence-corrected chi connectivity index (χ0v) is 16.7. The first-order valence-corrected chi connectivity index (χ1v) is 10.5. The zero-order chi connectivity index (χ0) is 19.9. The van der Waals surface area contributed by atoms with Gasteiger partial charge in [0.05, 0.1) is 23.0 Å². The fourth-order valence-corrected chi connectivity index (χ4v) is 3.84. The summed E-state index contributed by atoms with van der Waals surface area (Å²) in [4.78, 5) is 20.9. The summed E-state index contributed by atoms with van der Waals surface area (Å²) in [5.41, 5.74) is 2.96. The Morgan fingerprint density at radius 2 is 1.76 bits per heavy atom. The molecule has 0 saturated heterocycles. The molecule has 0 atom stereocenters. The number of fused-ring (bicyclic) bond motifs is 1. The minimum atomic E-state index is 0.00488. The first kappa shape index (κ1) is 19.1. The highest BCUT2D eigenvalue weighted by molar-refractivity contribution is 8.00. The second kappa shape index (κ2) is 9.34. The maximum Gasteiger partial charge on any atom is 0.230 e. The molecule has 1 amide bonds. The molecule has 0 bridgehead atoms. The Kier molecular flexibility index (Phi) is 6.16. The van der Waals surface area contributed by atoms with Crippen LogP contribution >= 0.6 is 11.8 Å². The van der Waals surface area contributed by atoms with Crippen molar-refractivity contribution in [1.29, 1.82) is 0 Å². The first-order valence-electron chi connectivity index (χ1n) is 9.49. The lowest BCUT2D eigenvalue weighted by atomic mass is 10.1. The van der Waals surface area contributed by atoms with Gasteiger partial charge >= 0.3 is 0 Å². The summed E-state index contributed by atoms with van der Waals surface area (Å²) in [5.74, 6) is 0.318. The largest absolute Gasteiger partial charge is 0.355 e. The topological polar surface area (TPSA) is 72.7 Å². The number of hydrogen-bond acceptors (Lipinski definition) is 5. The molecular weight excluding hydrogens is 382 g/mol. The molecule has 2 heterocycles. The molecule has 4 aromatic rings. The monoisotopic (exact) mass is 403 g/mol. The number of para-hydroxylation sites is 1. The summed E-state index contributed by atoms with van der Waals surface area (Å²) in [6.07, 6.45) is 5.15. The van der Waals surface area contributed by atoms with Crippen LogP contribution in [0.1, 0.15) is 12.0 Å². The van der Waals surface area contributed by atoms with Gasteiger partial charge in [-0.3, -0.25) is 4.79 Å². The number of benzene rings is 2. The van der Waals surface area contributed by atoms with Crippen LogP contribution in [0.3, 0.4) is 0 Å². The predicted molar refractivity (Wildman–Crippen MR) is 115 cm³/mol. The van der Waals surface area contributed by atoms with E-state index in [-0.39, 0.29) is 5.91 Å². The van der Waals surface area contributed by atoms with Gasteiger partial charge in [0.1, 0.15) is 11.4 Å². The molecule has 0 radical (unpaired) electrons. The molecule has 4 rings (SSSR count).